The molecule has 0 unspecified atom stereocenters. The van der Waals surface area contributed by atoms with Gasteiger partial charge in [-0.1, -0.05) is 6.07 Å². The van der Waals surface area contributed by atoms with E-state index in [9.17, 15) is 20.1 Å². The molecular formula is C12H10N2O6. The average molecular weight is 278 g/mol. The van der Waals surface area contributed by atoms with Gasteiger partial charge in [-0.2, -0.15) is 5.06 Å². The van der Waals surface area contributed by atoms with E-state index in [1.165, 1.54) is 19.2 Å². The van der Waals surface area contributed by atoms with Gasteiger partial charge in [-0.05, 0) is 18.2 Å². The van der Waals surface area contributed by atoms with E-state index in [1.54, 1.807) is 12.1 Å². The highest BCUT2D eigenvalue weighted by Gasteiger charge is 2.22. The number of nitrogens with zero attached hydrogens (tertiary/aromatic N) is 2. The molecule has 8 heteroatoms. The molecule has 8 nitrogen and oxygen atoms in total. The third-order valence-corrected chi connectivity index (χ3v) is 2.47. The first-order valence-corrected chi connectivity index (χ1v) is 5.44. The smallest absolute Gasteiger partial charge is 0.433 e. The van der Waals surface area contributed by atoms with Crippen LogP contribution in [0.25, 0.3) is 0 Å². The van der Waals surface area contributed by atoms with E-state index < -0.39 is 16.7 Å². The molecule has 2 rings (SSSR count). The molecule has 0 aliphatic rings. The number of furan rings is 1. The zero-order valence-corrected chi connectivity index (χ0v) is 10.3. The Balaban J connectivity index is 2.24. The summed E-state index contributed by atoms with van der Waals surface area (Å²) in [4.78, 5) is 21.6. The number of carbonyl (C=O) groups excluding carboxylic acids is 1. The molecule has 0 aliphatic heterocycles. The van der Waals surface area contributed by atoms with Gasteiger partial charge in [0.2, 0.25) is 5.76 Å². The highest BCUT2D eigenvalue weighted by Crippen LogP contribution is 2.23. The van der Waals surface area contributed by atoms with E-state index in [4.69, 9.17) is 9.15 Å². The second-order valence-corrected chi connectivity index (χ2v) is 3.71. The fourth-order valence-corrected chi connectivity index (χ4v) is 1.50. The van der Waals surface area contributed by atoms with Gasteiger partial charge in [0, 0.05) is 6.07 Å². The van der Waals surface area contributed by atoms with Gasteiger partial charge in [0.1, 0.15) is 10.7 Å². The van der Waals surface area contributed by atoms with Gasteiger partial charge in [-0.25, -0.2) is 0 Å². The number of hydrogen-bond donors (Lipinski definition) is 1. The van der Waals surface area contributed by atoms with Crippen molar-refractivity contribution in [2.45, 2.75) is 0 Å². The number of rotatable bonds is 4. The Morgan fingerprint density at radius 3 is 2.75 bits per heavy atom. The van der Waals surface area contributed by atoms with Crippen molar-refractivity contribution < 1.29 is 24.1 Å². The lowest BCUT2D eigenvalue weighted by Gasteiger charge is -2.13. The van der Waals surface area contributed by atoms with E-state index in [2.05, 4.69) is 0 Å². The molecule has 1 N–H and O–H groups in total. The predicted molar refractivity (Wildman–Crippen MR) is 67.0 cm³/mol. The molecule has 1 amide bonds. The normalized spacial score (nSPS) is 10.1. The second-order valence-electron chi connectivity index (χ2n) is 3.71. The van der Waals surface area contributed by atoms with Crippen LogP contribution in [0.5, 0.6) is 5.75 Å². The zero-order valence-electron chi connectivity index (χ0n) is 10.3. The molecule has 0 radical (unpaired) electrons. The van der Waals surface area contributed by atoms with E-state index >= 15 is 0 Å². The first kappa shape index (κ1) is 13.6. The average Bonchev–Trinajstić information content (AvgIpc) is 2.95. The highest BCUT2D eigenvalue weighted by molar-refractivity contribution is 6.02. The van der Waals surface area contributed by atoms with Crippen LogP contribution < -0.4 is 9.80 Å². The van der Waals surface area contributed by atoms with Crippen LogP contribution in [-0.2, 0) is 0 Å². The zero-order chi connectivity index (χ0) is 14.7. The SMILES string of the molecule is COc1cccc(N(O)C(=O)c2ccc([N+](=O)[O-])o2)c1. The van der Waals surface area contributed by atoms with Crippen LogP contribution in [0.2, 0.25) is 0 Å². The minimum absolute atomic E-state index is 0.147. The van der Waals surface area contributed by atoms with Crippen molar-refractivity contribution in [1.82, 2.24) is 0 Å². The summed E-state index contributed by atoms with van der Waals surface area (Å²) in [7, 11) is 1.44. The minimum atomic E-state index is -0.925. The van der Waals surface area contributed by atoms with Gasteiger partial charge >= 0.3 is 11.8 Å². The maximum absolute atomic E-state index is 11.9. The summed E-state index contributed by atoms with van der Waals surface area (Å²) in [6, 6.07) is 8.26. The van der Waals surface area contributed by atoms with Crippen LogP contribution in [0.3, 0.4) is 0 Å². The summed E-state index contributed by atoms with van der Waals surface area (Å²) in [6.45, 7) is 0. The number of hydrogen-bond acceptors (Lipinski definition) is 6. The number of hydroxylamine groups is 1. The van der Waals surface area contributed by atoms with Crippen molar-refractivity contribution >= 4 is 17.5 Å². The molecule has 0 saturated heterocycles. The van der Waals surface area contributed by atoms with Gasteiger partial charge in [0.05, 0.1) is 18.9 Å². The number of amides is 1. The summed E-state index contributed by atoms with van der Waals surface area (Å²) >= 11 is 0. The third-order valence-electron chi connectivity index (χ3n) is 2.47. The summed E-state index contributed by atoms with van der Waals surface area (Å²) in [5.74, 6) is -1.40. The predicted octanol–water partition coefficient (Wildman–Crippen LogP) is 2.23. The first-order chi connectivity index (χ1) is 9.52. The summed E-state index contributed by atoms with van der Waals surface area (Å²) < 4.78 is 9.69. The minimum Gasteiger partial charge on any atom is -0.497 e. The van der Waals surface area contributed by atoms with Crippen LogP contribution >= 0.6 is 0 Å². The Morgan fingerprint density at radius 1 is 1.40 bits per heavy atom. The molecule has 104 valence electrons. The molecule has 0 fully saturated rings. The summed E-state index contributed by atoms with van der Waals surface area (Å²) in [5, 5.41) is 20.6. The molecule has 1 aromatic carbocycles. The summed E-state index contributed by atoms with van der Waals surface area (Å²) in [6.07, 6.45) is 0. The second kappa shape index (κ2) is 5.41. The maximum atomic E-state index is 11.9. The van der Waals surface area contributed by atoms with Crippen molar-refractivity contribution in [3.63, 3.8) is 0 Å². The van der Waals surface area contributed by atoms with E-state index in [0.29, 0.717) is 10.8 Å². The van der Waals surface area contributed by atoms with Gasteiger partial charge in [0.15, 0.2) is 0 Å². The number of ether oxygens (including phenoxy) is 1. The third kappa shape index (κ3) is 2.59. The first-order valence-electron chi connectivity index (χ1n) is 5.44. The molecule has 0 atom stereocenters. The fraction of sp³-hybridized carbons (Fsp3) is 0.0833. The number of methoxy groups -OCH3 is 1. The Labute approximate surface area is 112 Å². The molecular weight excluding hydrogens is 268 g/mol. The van der Waals surface area contributed by atoms with Crippen molar-refractivity contribution in [3.8, 4) is 5.75 Å². The largest absolute Gasteiger partial charge is 0.497 e. The van der Waals surface area contributed by atoms with Crippen LogP contribution in [0.15, 0.2) is 40.8 Å². The van der Waals surface area contributed by atoms with E-state index in [1.807, 2.05) is 0 Å². The van der Waals surface area contributed by atoms with E-state index in [-0.39, 0.29) is 11.4 Å². The monoisotopic (exact) mass is 278 g/mol. The number of nitro groups is 1. The standard InChI is InChI=1S/C12H10N2O6/c1-19-9-4-2-3-8(7-9)13(16)12(15)10-5-6-11(20-10)14(17)18/h2-7,16H,1H3. The van der Waals surface area contributed by atoms with Crippen LogP contribution in [0.1, 0.15) is 10.6 Å². The highest BCUT2D eigenvalue weighted by atomic mass is 16.6. The van der Waals surface area contributed by atoms with Gasteiger partial charge in [-0.15, -0.1) is 0 Å². The van der Waals surface area contributed by atoms with Gasteiger partial charge < -0.3 is 9.15 Å². The lowest BCUT2D eigenvalue weighted by Crippen LogP contribution is -2.26. The number of benzene rings is 1. The van der Waals surface area contributed by atoms with Crippen molar-refractivity contribution in [1.29, 1.82) is 0 Å². The molecule has 1 aromatic heterocycles. The molecule has 0 aliphatic carbocycles. The molecule has 2 aromatic rings. The molecule has 0 spiro atoms. The Morgan fingerprint density at radius 2 is 2.15 bits per heavy atom. The Kier molecular flexibility index (Phi) is 3.67. The van der Waals surface area contributed by atoms with Gasteiger partial charge in [0.25, 0.3) is 0 Å². The quantitative estimate of drug-likeness (QED) is 0.522. The van der Waals surface area contributed by atoms with Crippen LogP contribution in [-0.4, -0.2) is 23.1 Å². The summed E-state index contributed by atoms with van der Waals surface area (Å²) in [5.41, 5.74) is 0.147. The Hall–Kier alpha value is -2.87. The van der Waals surface area contributed by atoms with Crippen molar-refractivity contribution in [2.24, 2.45) is 0 Å². The lowest BCUT2D eigenvalue weighted by molar-refractivity contribution is -0.402. The molecule has 1 heterocycles. The van der Waals surface area contributed by atoms with Crippen LogP contribution in [0, 0.1) is 10.1 Å². The number of anilines is 1. The maximum Gasteiger partial charge on any atom is 0.433 e. The lowest BCUT2D eigenvalue weighted by atomic mass is 10.3. The number of carbonyl (C=O) groups is 1. The molecule has 0 bridgehead atoms. The van der Waals surface area contributed by atoms with Crippen molar-refractivity contribution in [2.75, 3.05) is 12.2 Å². The fourth-order valence-electron chi connectivity index (χ4n) is 1.50. The van der Waals surface area contributed by atoms with E-state index in [0.717, 1.165) is 12.1 Å². The van der Waals surface area contributed by atoms with Gasteiger partial charge in [-0.3, -0.25) is 20.1 Å². The van der Waals surface area contributed by atoms with Crippen LogP contribution in [0.4, 0.5) is 11.6 Å². The Bertz CT molecular complexity index is 651. The van der Waals surface area contributed by atoms with Crippen molar-refractivity contribution in [3.05, 3.63) is 52.3 Å². The topological polar surface area (TPSA) is 106 Å². The molecule has 20 heavy (non-hydrogen) atoms. The molecule has 0 saturated carbocycles.